The molecule has 1 heterocycles. The topological polar surface area (TPSA) is 50.2 Å². The number of amides is 1. The van der Waals surface area contributed by atoms with E-state index < -0.39 is 0 Å². The number of nitrogens with zero attached hydrogens (tertiary/aromatic N) is 3. The van der Waals surface area contributed by atoms with Gasteiger partial charge in [0.2, 0.25) is 5.91 Å². The number of carbonyl (C=O) groups is 1. The van der Waals surface area contributed by atoms with Crippen molar-refractivity contribution in [2.24, 2.45) is 0 Å². The molecule has 1 N–H and O–H groups in total. The average molecular weight is 334 g/mol. The second-order valence-electron chi connectivity index (χ2n) is 5.95. The van der Waals surface area contributed by atoms with Gasteiger partial charge in [0.05, 0.1) is 18.4 Å². The SMILES string of the molecule is CC(=O)N(C)c1cccc(NCc2cnc(C)n2-c2ccccc2)c1. The Kier molecular flexibility index (Phi) is 4.84. The zero-order valence-electron chi connectivity index (χ0n) is 14.7. The minimum absolute atomic E-state index is 0.00919. The van der Waals surface area contributed by atoms with E-state index in [4.69, 9.17) is 0 Å². The predicted octanol–water partition coefficient (Wildman–Crippen LogP) is 3.78. The number of benzene rings is 2. The highest BCUT2D eigenvalue weighted by Crippen LogP contribution is 2.20. The van der Waals surface area contributed by atoms with Crippen molar-refractivity contribution in [3.63, 3.8) is 0 Å². The summed E-state index contributed by atoms with van der Waals surface area (Å²) in [5.74, 6) is 0.961. The molecule has 1 amide bonds. The van der Waals surface area contributed by atoms with Crippen LogP contribution in [0, 0.1) is 6.92 Å². The molecule has 2 aromatic carbocycles. The summed E-state index contributed by atoms with van der Waals surface area (Å²) in [7, 11) is 1.77. The van der Waals surface area contributed by atoms with Gasteiger partial charge < -0.3 is 10.2 Å². The van der Waals surface area contributed by atoms with Crippen LogP contribution in [0.25, 0.3) is 5.69 Å². The highest BCUT2D eigenvalue weighted by atomic mass is 16.2. The fourth-order valence-electron chi connectivity index (χ4n) is 2.74. The van der Waals surface area contributed by atoms with E-state index in [-0.39, 0.29) is 5.91 Å². The van der Waals surface area contributed by atoms with Crippen molar-refractivity contribution in [2.75, 3.05) is 17.3 Å². The maximum atomic E-state index is 11.5. The van der Waals surface area contributed by atoms with E-state index in [9.17, 15) is 4.79 Å². The van der Waals surface area contributed by atoms with Gasteiger partial charge in [0.25, 0.3) is 0 Å². The Labute approximate surface area is 147 Å². The summed E-state index contributed by atoms with van der Waals surface area (Å²) in [5, 5.41) is 3.42. The highest BCUT2D eigenvalue weighted by Gasteiger charge is 2.09. The number of carbonyl (C=O) groups excluding carboxylic acids is 1. The fourth-order valence-corrected chi connectivity index (χ4v) is 2.74. The molecule has 0 saturated heterocycles. The largest absolute Gasteiger partial charge is 0.379 e. The second-order valence-corrected chi connectivity index (χ2v) is 5.95. The summed E-state index contributed by atoms with van der Waals surface area (Å²) in [6, 6.07) is 18.0. The van der Waals surface area contributed by atoms with Crippen molar-refractivity contribution < 1.29 is 4.79 Å². The van der Waals surface area contributed by atoms with Crippen LogP contribution in [0.4, 0.5) is 11.4 Å². The van der Waals surface area contributed by atoms with Crippen LogP contribution >= 0.6 is 0 Å². The van der Waals surface area contributed by atoms with Crippen molar-refractivity contribution in [3.8, 4) is 5.69 Å². The summed E-state index contributed by atoms with van der Waals surface area (Å²) in [5.41, 5.74) is 4.00. The molecule has 0 aliphatic carbocycles. The monoisotopic (exact) mass is 334 g/mol. The maximum absolute atomic E-state index is 11.5. The molecular formula is C20H22N4O. The zero-order valence-corrected chi connectivity index (χ0v) is 14.7. The summed E-state index contributed by atoms with van der Waals surface area (Å²) < 4.78 is 2.14. The Bertz CT molecular complexity index is 870. The van der Waals surface area contributed by atoms with Crippen molar-refractivity contribution >= 4 is 17.3 Å². The molecule has 1 aromatic heterocycles. The Balaban J connectivity index is 1.79. The minimum atomic E-state index is 0.00919. The lowest BCUT2D eigenvalue weighted by Crippen LogP contribution is -2.22. The highest BCUT2D eigenvalue weighted by molar-refractivity contribution is 5.91. The second kappa shape index (κ2) is 7.21. The van der Waals surface area contributed by atoms with Gasteiger partial charge in [0.1, 0.15) is 5.82 Å². The number of anilines is 2. The standard InChI is InChI=1S/C20H22N4O/c1-15-21-13-20(24(15)18-9-5-4-6-10-18)14-22-17-8-7-11-19(12-17)23(3)16(2)25/h4-13,22H,14H2,1-3H3. The molecule has 5 heteroatoms. The Hall–Kier alpha value is -3.08. The van der Waals surface area contributed by atoms with Crippen LogP contribution in [-0.2, 0) is 11.3 Å². The van der Waals surface area contributed by atoms with E-state index in [0.717, 1.165) is 28.6 Å². The molecule has 3 aromatic rings. The first-order valence-corrected chi connectivity index (χ1v) is 8.23. The first kappa shape index (κ1) is 16.8. The molecule has 128 valence electrons. The summed E-state index contributed by atoms with van der Waals surface area (Å²) in [6.07, 6.45) is 1.89. The van der Waals surface area contributed by atoms with E-state index in [0.29, 0.717) is 6.54 Å². The molecule has 3 rings (SSSR count). The zero-order chi connectivity index (χ0) is 17.8. The van der Waals surface area contributed by atoms with Crippen molar-refractivity contribution in [1.82, 2.24) is 9.55 Å². The van der Waals surface area contributed by atoms with Gasteiger partial charge in [0, 0.05) is 31.0 Å². The number of hydrogen-bond donors (Lipinski definition) is 1. The molecule has 5 nitrogen and oxygen atoms in total. The number of nitrogens with one attached hydrogen (secondary N) is 1. The molecule has 0 unspecified atom stereocenters. The maximum Gasteiger partial charge on any atom is 0.223 e. The Morgan fingerprint density at radius 1 is 1.16 bits per heavy atom. The van der Waals surface area contributed by atoms with Crippen LogP contribution in [0.5, 0.6) is 0 Å². The molecular weight excluding hydrogens is 312 g/mol. The van der Waals surface area contributed by atoms with E-state index in [1.54, 1.807) is 18.9 Å². The Morgan fingerprint density at radius 2 is 1.92 bits per heavy atom. The molecule has 0 aliphatic heterocycles. The third-order valence-electron chi connectivity index (χ3n) is 4.21. The first-order valence-electron chi connectivity index (χ1n) is 8.23. The van der Waals surface area contributed by atoms with Crippen molar-refractivity contribution in [2.45, 2.75) is 20.4 Å². The van der Waals surface area contributed by atoms with Gasteiger partial charge >= 0.3 is 0 Å². The van der Waals surface area contributed by atoms with Crippen molar-refractivity contribution in [1.29, 1.82) is 0 Å². The van der Waals surface area contributed by atoms with E-state index >= 15 is 0 Å². The number of para-hydroxylation sites is 1. The van der Waals surface area contributed by atoms with Crippen LogP contribution in [0.3, 0.4) is 0 Å². The van der Waals surface area contributed by atoms with Gasteiger partial charge in [0.15, 0.2) is 0 Å². The lowest BCUT2D eigenvalue weighted by atomic mass is 10.2. The third kappa shape index (κ3) is 3.71. The van der Waals surface area contributed by atoms with Gasteiger partial charge in [-0.25, -0.2) is 4.98 Å². The fraction of sp³-hybridized carbons (Fsp3) is 0.200. The van der Waals surface area contributed by atoms with Crippen LogP contribution in [0.1, 0.15) is 18.4 Å². The number of imidazole rings is 1. The molecule has 0 bridgehead atoms. The lowest BCUT2D eigenvalue weighted by Gasteiger charge is -2.17. The summed E-state index contributed by atoms with van der Waals surface area (Å²) >= 11 is 0. The summed E-state index contributed by atoms with van der Waals surface area (Å²) in [4.78, 5) is 17.6. The van der Waals surface area contributed by atoms with Gasteiger partial charge in [-0.05, 0) is 37.3 Å². The number of aromatic nitrogens is 2. The molecule has 0 saturated carbocycles. The smallest absolute Gasteiger partial charge is 0.223 e. The summed E-state index contributed by atoms with van der Waals surface area (Å²) in [6.45, 7) is 4.20. The molecule has 25 heavy (non-hydrogen) atoms. The molecule has 0 fully saturated rings. The van der Waals surface area contributed by atoms with Gasteiger partial charge in [-0.1, -0.05) is 24.3 Å². The van der Waals surface area contributed by atoms with Gasteiger partial charge in [-0.2, -0.15) is 0 Å². The van der Waals surface area contributed by atoms with Crippen molar-refractivity contribution in [3.05, 3.63) is 72.3 Å². The lowest BCUT2D eigenvalue weighted by molar-refractivity contribution is -0.116. The van der Waals surface area contributed by atoms with E-state index in [1.807, 2.05) is 55.6 Å². The normalized spacial score (nSPS) is 10.5. The molecule has 0 aliphatic rings. The average Bonchev–Trinajstić information content (AvgIpc) is 3.00. The first-order chi connectivity index (χ1) is 12.1. The quantitative estimate of drug-likeness (QED) is 0.772. The third-order valence-corrected chi connectivity index (χ3v) is 4.21. The number of hydrogen-bond acceptors (Lipinski definition) is 3. The van der Waals surface area contributed by atoms with Crippen LogP contribution in [-0.4, -0.2) is 22.5 Å². The minimum Gasteiger partial charge on any atom is -0.379 e. The van der Waals surface area contributed by atoms with Gasteiger partial charge in [-0.15, -0.1) is 0 Å². The number of aryl methyl sites for hydroxylation is 1. The molecule has 0 atom stereocenters. The van der Waals surface area contributed by atoms with Crippen LogP contribution in [0.2, 0.25) is 0 Å². The molecule has 0 spiro atoms. The van der Waals surface area contributed by atoms with E-state index in [1.165, 1.54) is 0 Å². The predicted molar refractivity (Wildman–Crippen MR) is 101 cm³/mol. The van der Waals surface area contributed by atoms with Gasteiger partial charge in [-0.3, -0.25) is 9.36 Å². The molecule has 0 radical (unpaired) electrons. The van der Waals surface area contributed by atoms with Crippen LogP contribution in [0.15, 0.2) is 60.8 Å². The van der Waals surface area contributed by atoms with E-state index in [2.05, 4.69) is 27.0 Å². The number of rotatable bonds is 5. The Morgan fingerprint density at radius 3 is 2.64 bits per heavy atom. The van der Waals surface area contributed by atoms with Crippen LogP contribution < -0.4 is 10.2 Å².